The minimum atomic E-state index is 0.490. The van der Waals surface area contributed by atoms with E-state index in [4.69, 9.17) is 5.26 Å². The van der Waals surface area contributed by atoms with Crippen molar-refractivity contribution in [2.75, 3.05) is 13.1 Å². The van der Waals surface area contributed by atoms with E-state index in [1.54, 1.807) is 0 Å². The maximum Gasteiger partial charge on any atom is 0.0638 e. The van der Waals surface area contributed by atoms with E-state index in [9.17, 15) is 0 Å². The molecular weight excluding hydrogens is 112 g/mol. The van der Waals surface area contributed by atoms with Gasteiger partial charge in [-0.2, -0.15) is 5.26 Å². The quantitative estimate of drug-likeness (QED) is 0.549. The van der Waals surface area contributed by atoms with Crippen LogP contribution in [0, 0.1) is 11.3 Å². The topological polar surface area (TPSA) is 27.0 Å². The molecule has 9 heavy (non-hydrogen) atoms. The van der Waals surface area contributed by atoms with Crippen LogP contribution in [0.3, 0.4) is 0 Å². The first kappa shape index (κ1) is 6.57. The van der Waals surface area contributed by atoms with Crippen molar-refractivity contribution in [1.82, 2.24) is 4.90 Å². The zero-order valence-electron chi connectivity index (χ0n) is 5.80. The van der Waals surface area contributed by atoms with E-state index in [1.807, 2.05) is 0 Å². The van der Waals surface area contributed by atoms with Gasteiger partial charge in [-0.3, -0.25) is 4.90 Å². The molecule has 1 aliphatic heterocycles. The van der Waals surface area contributed by atoms with E-state index in [-0.39, 0.29) is 0 Å². The molecule has 2 nitrogen and oxygen atoms in total. The molecule has 0 N–H and O–H groups in total. The molecule has 0 bridgehead atoms. The minimum Gasteiger partial charge on any atom is -0.300 e. The Morgan fingerprint density at radius 2 is 2.33 bits per heavy atom. The van der Waals surface area contributed by atoms with Crippen molar-refractivity contribution in [1.29, 1.82) is 5.26 Å². The maximum atomic E-state index is 8.33. The summed E-state index contributed by atoms with van der Waals surface area (Å²) in [6, 6.07) is 2.66. The first-order valence-electron chi connectivity index (χ1n) is 3.45. The van der Waals surface area contributed by atoms with Crippen molar-refractivity contribution >= 4 is 0 Å². The molecule has 1 saturated heterocycles. The molecule has 0 saturated carbocycles. The lowest BCUT2D eigenvalue weighted by Crippen LogP contribution is -2.43. The lowest BCUT2D eigenvalue weighted by Gasteiger charge is -2.35. The van der Waals surface area contributed by atoms with E-state index < -0.39 is 0 Å². The number of likely N-dealkylation sites (tertiary alicyclic amines) is 1. The Morgan fingerprint density at radius 3 is 2.67 bits per heavy atom. The predicted octanol–water partition coefficient (Wildman–Crippen LogP) is 0.994. The molecule has 0 aliphatic carbocycles. The fourth-order valence-electron chi connectivity index (χ4n) is 1.04. The van der Waals surface area contributed by atoms with Crippen LogP contribution in [0.5, 0.6) is 0 Å². The first-order valence-corrected chi connectivity index (χ1v) is 3.45. The molecule has 1 unspecified atom stereocenters. The van der Waals surface area contributed by atoms with Crippen molar-refractivity contribution in [3.05, 3.63) is 0 Å². The average Bonchev–Trinajstić information content (AvgIpc) is 1.60. The Kier molecular flexibility index (Phi) is 2.07. The highest BCUT2D eigenvalue weighted by Crippen LogP contribution is 2.12. The zero-order chi connectivity index (χ0) is 6.69. The summed E-state index contributed by atoms with van der Waals surface area (Å²) < 4.78 is 0. The molecule has 2 heteroatoms. The standard InChI is InChI=1S/C7H12N2/c1-7(3-4-8)9-5-2-6-9/h7H,2-3,5-6H2,1H3. The van der Waals surface area contributed by atoms with Gasteiger partial charge in [0.05, 0.1) is 12.5 Å². The Hall–Kier alpha value is -0.550. The van der Waals surface area contributed by atoms with E-state index in [0.29, 0.717) is 12.5 Å². The van der Waals surface area contributed by atoms with Crippen molar-refractivity contribution in [3.8, 4) is 6.07 Å². The van der Waals surface area contributed by atoms with Crippen LogP contribution in [-0.4, -0.2) is 24.0 Å². The maximum absolute atomic E-state index is 8.33. The lowest BCUT2D eigenvalue weighted by atomic mass is 10.1. The Morgan fingerprint density at radius 1 is 1.67 bits per heavy atom. The largest absolute Gasteiger partial charge is 0.300 e. The Bertz CT molecular complexity index is 121. The highest BCUT2D eigenvalue weighted by atomic mass is 15.2. The fourth-order valence-corrected chi connectivity index (χ4v) is 1.04. The number of nitrogens with zero attached hydrogens (tertiary/aromatic N) is 2. The number of nitriles is 1. The third-order valence-corrected chi connectivity index (χ3v) is 1.90. The van der Waals surface area contributed by atoms with E-state index in [0.717, 1.165) is 0 Å². The van der Waals surface area contributed by atoms with Gasteiger partial charge in [0.25, 0.3) is 0 Å². The molecule has 0 amide bonds. The summed E-state index contributed by atoms with van der Waals surface area (Å²) in [6.07, 6.45) is 2.00. The third kappa shape index (κ3) is 1.43. The summed E-state index contributed by atoms with van der Waals surface area (Å²) in [5.41, 5.74) is 0. The molecule has 1 fully saturated rings. The molecule has 0 radical (unpaired) electrons. The van der Waals surface area contributed by atoms with Crippen LogP contribution in [-0.2, 0) is 0 Å². The van der Waals surface area contributed by atoms with E-state index in [2.05, 4.69) is 17.9 Å². The highest BCUT2D eigenvalue weighted by molar-refractivity contribution is 4.83. The van der Waals surface area contributed by atoms with Crippen LogP contribution >= 0.6 is 0 Å². The molecule has 1 heterocycles. The summed E-state index contributed by atoms with van der Waals surface area (Å²) in [6.45, 7) is 4.51. The molecule has 0 aromatic heterocycles. The Labute approximate surface area is 56.1 Å². The average molecular weight is 124 g/mol. The lowest BCUT2D eigenvalue weighted by molar-refractivity contribution is 0.130. The molecule has 50 valence electrons. The van der Waals surface area contributed by atoms with Crippen LogP contribution in [0.1, 0.15) is 19.8 Å². The normalized spacial score (nSPS) is 22.2. The van der Waals surface area contributed by atoms with Crippen LogP contribution in [0.2, 0.25) is 0 Å². The van der Waals surface area contributed by atoms with E-state index in [1.165, 1.54) is 19.5 Å². The zero-order valence-corrected chi connectivity index (χ0v) is 5.80. The monoisotopic (exact) mass is 124 g/mol. The molecule has 1 aliphatic rings. The SMILES string of the molecule is CC(CC#N)N1CCC1. The highest BCUT2D eigenvalue weighted by Gasteiger charge is 2.18. The Balaban J connectivity index is 2.17. The predicted molar refractivity (Wildman–Crippen MR) is 35.9 cm³/mol. The van der Waals surface area contributed by atoms with Crippen molar-refractivity contribution in [2.24, 2.45) is 0 Å². The van der Waals surface area contributed by atoms with Crippen molar-refractivity contribution < 1.29 is 0 Å². The summed E-state index contributed by atoms with van der Waals surface area (Å²) in [7, 11) is 0. The van der Waals surface area contributed by atoms with Crippen molar-refractivity contribution in [3.63, 3.8) is 0 Å². The van der Waals surface area contributed by atoms with Gasteiger partial charge in [-0.05, 0) is 26.4 Å². The van der Waals surface area contributed by atoms with E-state index >= 15 is 0 Å². The van der Waals surface area contributed by atoms with Gasteiger partial charge < -0.3 is 0 Å². The fraction of sp³-hybridized carbons (Fsp3) is 0.857. The van der Waals surface area contributed by atoms with Crippen molar-refractivity contribution in [2.45, 2.75) is 25.8 Å². The second-order valence-electron chi connectivity index (χ2n) is 2.60. The number of hydrogen-bond acceptors (Lipinski definition) is 2. The third-order valence-electron chi connectivity index (χ3n) is 1.90. The first-order chi connectivity index (χ1) is 4.34. The molecule has 1 rings (SSSR count). The van der Waals surface area contributed by atoms with Gasteiger partial charge in [-0.25, -0.2) is 0 Å². The summed E-state index contributed by atoms with van der Waals surface area (Å²) in [5.74, 6) is 0. The second kappa shape index (κ2) is 2.84. The number of rotatable bonds is 2. The smallest absolute Gasteiger partial charge is 0.0638 e. The number of hydrogen-bond donors (Lipinski definition) is 0. The summed E-state index contributed by atoms with van der Waals surface area (Å²) >= 11 is 0. The van der Waals surface area contributed by atoms with Gasteiger partial charge in [0.2, 0.25) is 0 Å². The minimum absolute atomic E-state index is 0.490. The van der Waals surface area contributed by atoms with Gasteiger partial charge in [0.1, 0.15) is 0 Å². The summed E-state index contributed by atoms with van der Waals surface area (Å²) in [5, 5.41) is 8.33. The van der Waals surface area contributed by atoms with Gasteiger partial charge in [0, 0.05) is 6.04 Å². The van der Waals surface area contributed by atoms with Crippen LogP contribution in [0.15, 0.2) is 0 Å². The molecule has 0 aromatic rings. The van der Waals surface area contributed by atoms with Crippen LogP contribution < -0.4 is 0 Å². The summed E-state index contributed by atoms with van der Waals surface area (Å²) in [4.78, 5) is 2.34. The molecule has 0 aromatic carbocycles. The molecular formula is C7H12N2. The molecule has 1 atom stereocenters. The van der Waals surface area contributed by atoms with Gasteiger partial charge in [0.15, 0.2) is 0 Å². The second-order valence-corrected chi connectivity index (χ2v) is 2.60. The molecule has 0 spiro atoms. The van der Waals surface area contributed by atoms with Gasteiger partial charge in [-0.1, -0.05) is 0 Å². The van der Waals surface area contributed by atoms with Crippen LogP contribution in [0.25, 0.3) is 0 Å². The van der Waals surface area contributed by atoms with Crippen LogP contribution in [0.4, 0.5) is 0 Å². The van der Waals surface area contributed by atoms with Gasteiger partial charge in [-0.15, -0.1) is 0 Å². The van der Waals surface area contributed by atoms with Gasteiger partial charge >= 0.3 is 0 Å².